The molecular weight excluding hydrogens is 250 g/mol. The minimum Gasteiger partial charge on any atom is -0.463 e. The minimum absolute atomic E-state index is 0.00195. The molecule has 0 aliphatic heterocycles. The number of esters is 1. The van der Waals surface area contributed by atoms with Crippen LogP contribution in [0.2, 0.25) is 0 Å². The molecule has 0 aromatic heterocycles. The van der Waals surface area contributed by atoms with E-state index in [1.807, 2.05) is 6.92 Å². The second-order valence-electron chi connectivity index (χ2n) is 4.07. The highest BCUT2D eigenvalue weighted by Crippen LogP contribution is 2.25. The molecule has 0 bridgehead atoms. The lowest BCUT2D eigenvalue weighted by molar-refractivity contribution is -0.384. The Labute approximate surface area is 110 Å². The van der Waals surface area contributed by atoms with Crippen LogP contribution in [-0.2, 0) is 14.3 Å². The molecule has 0 aliphatic carbocycles. The first-order chi connectivity index (χ1) is 8.99. The highest BCUT2D eigenvalue weighted by Gasteiger charge is 2.21. The van der Waals surface area contributed by atoms with Crippen LogP contribution in [0.3, 0.4) is 0 Å². The van der Waals surface area contributed by atoms with Crippen LogP contribution in [0.4, 0.5) is 5.69 Å². The van der Waals surface area contributed by atoms with Gasteiger partial charge in [-0.15, -0.1) is 0 Å². The van der Waals surface area contributed by atoms with Gasteiger partial charge in [0.15, 0.2) is 0 Å². The average molecular weight is 265 g/mol. The Balaban J connectivity index is 2.82. The van der Waals surface area contributed by atoms with E-state index in [4.69, 9.17) is 0 Å². The fourth-order valence-corrected chi connectivity index (χ4v) is 1.79. The number of hydrogen-bond donors (Lipinski definition) is 0. The molecule has 0 heterocycles. The predicted molar refractivity (Wildman–Crippen MR) is 67.8 cm³/mol. The number of nitrogens with zero attached hydrogens (tertiary/aromatic N) is 1. The summed E-state index contributed by atoms with van der Waals surface area (Å²) < 4.78 is 4.37. The van der Waals surface area contributed by atoms with Crippen molar-refractivity contribution in [3.63, 3.8) is 0 Å². The van der Waals surface area contributed by atoms with E-state index in [1.54, 1.807) is 12.1 Å². The molecule has 0 saturated carbocycles. The summed E-state index contributed by atoms with van der Waals surface area (Å²) in [4.78, 5) is 32.7. The molecule has 0 N–H and O–H groups in total. The SMILES string of the molecule is CCC(CC(=O)C(=O)OC)c1ccc([N+](=O)[O-])cc1. The van der Waals surface area contributed by atoms with Crippen LogP contribution in [0, 0.1) is 10.1 Å². The van der Waals surface area contributed by atoms with Gasteiger partial charge in [-0.05, 0) is 17.9 Å². The zero-order valence-corrected chi connectivity index (χ0v) is 10.8. The third kappa shape index (κ3) is 3.87. The number of ether oxygens (including phenoxy) is 1. The molecule has 19 heavy (non-hydrogen) atoms. The van der Waals surface area contributed by atoms with Crippen LogP contribution in [0.25, 0.3) is 0 Å². The van der Waals surface area contributed by atoms with Crippen molar-refractivity contribution in [2.45, 2.75) is 25.7 Å². The van der Waals surface area contributed by atoms with Crippen molar-refractivity contribution in [3.05, 3.63) is 39.9 Å². The molecule has 0 amide bonds. The number of non-ortho nitro benzene ring substituents is 1. The summed E-state index contributed by atoms with van der Waals surface area (Å²) in [5, 5.41) is 10.5. The van der Waals surface area contributed by atoms with Crippen molar-refractivity contribution >= 4 is 17.4 Å². The summed E-state index contributed by atoms with van der Waals surface area (Å²) >= 11 is 0. The van der Waals surface area contributed by atoms with Crippen LogP contribution in [-0.4, -0.2) is 23.8 Å². The summed E-state index contributed by atoms with van der Waals surface area (Å²) in [6.07, 6.45) is 0.696. The second kappa shape index (κ2) is 6.63. The summed E-state index contributed by atoms with van der Waals surface area (Å²) in [6, 6.07) is 5.99. The molecule has 1 aromatic rings. The van der Waals surface area contributed by atoms with Crippen LogP contribution < -0.4 is 0 Å². The Morgan fingerprint density at radius 3 is 2.32 bits per heavy atom. The number of nitro groups is 1. The standard InChI is InChI=1S/C13H15NO5/c1-3-9(8-12(15)13(16)19-2)10-4-6-11(7-5-10)14(17)18/h4-7,9H,3,8H2,1-2H3. The molecule has 1 rings (SSSR count). The van der Waals surface area contributed by atoms with Crippen LogP contribution >= 0.6 is 0 Å². The maximum atomic E-state index is 11.5. The van der Waals surface area contributed by atoms with Crippen molar-refractivity contribution in [1.82, 2.24) is 0 Å². The van der Waals surface area contributed by atoms with E-state index in [0.29, 0.717) is 6.42 Å². The van der Waals surface area contributed by atoms with Crippen LogP contribution in [0.1, 0.15) is 31.2 Å². The lowest BCUT2D eigenvalue weighted by Gasteiger charge is -2.13. The van der Waals surface area contributed by atoms with E-state index in [9.17, 15) is 19.7 Å². The number of rotatable bonds is 6. The number of methoxy groups -OCH3 is 1. The number of ketones is 1. The quantitative estimate of drug-likeness (QED) is 0.340. The van der Waals surface area contributed by atoms with Gasteiger partial charge in [0, 0.05) is 18.6 Å². The van der Waals surface area contributed by atoms with E-state index in [1.165, 1.54) is 12.1 Å². The summed E-state index contributed by atoms with van der Waals surface area (Å²) in [6.45, 7) is 1.89. The van der Waals surface area contributed by atoms with Gasteiger partial charge in [0.1, 0.15) is 0 Å². The number of Topliss-reactive ketones (excluding diaryl/α,β-unsaturated/α-hetero) is 1. The molecule has 0 spiro atoms. The van der Waals surface area contributed by atoms with Gasteiger partial charge in [-0.25, -0.2) is 4.79 Å². The van der Waals surface area contributed by atoms with E-state index in [2.05, 4.69) is 4.74 Å². The van der Waals surface area contributed by atoms with Gasteiger partial charge >= 0.3 is 5.97 Å². The Bertz CT molecular complexity index is 480. The van der Waals surface area contributed by atoms with Gasteiger partial charge in [-0.1, -0.05) is 19.1 Å². The lowest BCUT2D eigenvalue weighted by atomic mass is 9.91. The molecule has 0 aliphatic rings. The van der Waals surface area contributed by atoms with Gasteiger partial charge in [-0.2, -0.15) is 0 Å². The predicted octanol–water partition coefficient (Wildman–Crippen LogP) is 2.22. The fourth-order valence-electron chi connectivity index (χ4n) is 1.79. The summed E-state index contributed by atoms with van der Waals surface area (Å²) in [5.74, 6) is -1.60. The molecule has 1 aromatic carbocycles. The van der Waals surface area contributed by atoms with E-state index in [0.717, 1.165) is 12.7 Å². The highest BCUT2D eigenvalue weighted by atomic mass is 16.6. The summed E-state index contributed by atoms with van der Waals surface area (Å²) in [5.41, 5.74) is 0.795. The third-order valence-electron chi connectivity index (χ3n) is 2.91. The van der Waals surface area contributed by atoms with Gasteiger partial charge in [0.05, 0.1) is 12.0 Å². The monoisotopic (exact) mass is 265 g/mol. The molecule has 0 saturated heterocycles. The maximum absolute atomic E-state index is 11.5. The highest BCUT2D eigenvalue weighted by molar-refractivity contribution is 6.33. The fraction of sp³-hybridized carbons (Fsp3) is 0.385. The molecule has 102 valence electrons. The van der Waals surface area contributed by atoms with Crippen LogP contribution in [0.5, 0.6) is 0 Å². The number of carbonyl (C=O) groups is 2. The first-order valence-electron chi connectivity index (χ1n) is 5.85. The normalized spacial score (nSPS) is 11.7. The number of carbonyl (C=O) groups excluding carboxylic acids is 2. The topological polar surface area (TPSA) is 86.5 Å². The van der Waals surface area contributed by atoms with Gasteiger partial charge in [0.25, 0.3) is 5.69 Å². The summed E-state index contributed by atoms with van der Waals surface area (Å²) in [7, 11) is 1.16. The Morgan fingerprint density at radius 2 is 1.89 bits per heavy atom. The van der Waals surface area contributed by atoms with Crippen LogP contribution in [0.15, 0.2) is 24.3 Å². The van der Waals surface area contributed by atoms with Gasteiger partial charge in [-0.3, -0.25) is 14.9 Å². The van der Waals surface area contributed by atoms with Gasteiger partial charge in [0.2, 0.25) is 5.78 Å². The maximum Gasteiger partial charge on any atom is 0.374 e. The third-order valence-corrected chi connectivity index (χ3v) is 2.91. The van der Waals surface area contributed by atoms with Crippen molar-refractivity contribution < 1.29 is 19.2 Å². The molecule has 1 unspecified atom stereocenters. The second-order valence-corrected chi connectivity index (χ2v) is 4.07. The molecular formula is C13H15NO5. The first-order valence-corrected chi connectivity index (χ1v) is 5.85. The number of nitro benzene ring substituents is 1. The zero-order chi connectivity index (χ0) is 14.4. The van der Waals surface area contributed by atoms with Gasteiger partial charge < -0.3 is 4.74 Å². The minimum atomic E-state index is -0.861. The van der Waals surface area contributed by atoms with Crippen molar-refractivity contribution in [1.29, 1.82) is 0 Å². The Kier molecular flexibility index (Phi) is 5.17. The Morgan fingerprint density at radius 1 is 1.32 bits per heavy atom. The largest absolute Gasteiger partial charge is 0.463 e. The van der Waals surface area contributed by atoms with Crippen molar-refractivity contribution in [2.75, 3.05) is 7.11 Å². The number of benzene rings is 1. The smallest absolute Gasteiger partial charge is 0.374 e. The van der Waals surface area contributed by atoms with Crippen molar-refractivity contribution in [3.8, 4) is 0 Å². The van der Waals surface area contributed by atoms with E-state index >= 15 is 0 Å². The first kappa shape index (κ1) is 14.8. The zero-order valence-electron chi connectivity index (χ0n) is 10.8. The molecule has 6 heteroatoms. The van der Waals surface area contributed by atoms with E-state index in [-0.39, 0.29) is 18.0 Å². The van der Waals surface area contributed by atoms with E-state index < -0.39 is 16.7 Å². The average Bonchev–Trinajstić information content (AvgIpc) is 2.43. The van der Waals surface area contributed by atoms with Crippen molar-refractivity contribution in [2.24, 2.45) is 0 Å². The molecule has 1 atom stereocenters. The molecule has 6 nitrogen and oxygen atoms in total. The Hall–Kier alpha value is -2.24. The molecule has 0 fully saturated rings. The lowest BCUT2D eigenvalue weighted by Crippen LogP contribution is -2.18. The molecule has 0 radical (unpaired) electrons. The number of hydrogen-bond acceptors (Lipinski definition) is 5.